The minimum absolute atomic E-state index is 0.0175. The van der Waals surface area contributed by atoms with Crippen LogP contribution in [0.15, 0.2) is 30.5 Å². The summed E-state index contributed by atoms with van der Waals surface area (Å²) in [5.41, 5.74) is 3.62. The number of thiophene rings is 1. The summed E-state index contributed by atoms with van der Waals surface area (Å²) >= 11 is 1.60. The molecule has 2 aromatic heterocycles. The Bertz CT molecular complexity index is 910. The van der Waals surface area contributed by atoms with Crippen molar-refractivity contribution in [3.63, 3.8) is 0 Å². The number of benzene rings is 1. The molecule has 0 saturated heterocycles. The molecular formula is C20H22N2O2S. The fourth-order valence-electron chi connectivity index (χ4n) is 3.63. The van der Waals surface area contributed by atoms with E-state index in [1.165, 1.54) is 34.2 Å². The Morgan fingerprint density at radius 2 is 2.12 bits per heavy atom. The molecule has 1 amide bonds. The summed E-state index contributed by atoms with van der Waals surface area (Å²) in [4.78, 5) is 18.0. The highest BCUT2D eigenvalue weighted by Gasteiger charge is 2.25. The molecule has 0 aliphatic heterocycles. The smallest absolute Gasteiger partial charge is 0.265 e. The van der Waals surface area contributed by atoms with Gasteiger partial charge >= 0.3 is 0 Å². The first kappa shape index (κ1) is 16.2. The number of methoxy groups -OCH3 is 1. The third-order valence-corrected chi connectivity index (χ3v) is 6.16. The van der Waals surface area contributed by atoms with E-state index in [4.69, 9.17) is 4.74 Å². The maximum Gasteiger partial charge on any atom is 0.265 e. The summed E-state index contributed by atoms with van der Waals surface area (Å²) in [5, 5.41) is 4.29. The van der Waals surface area contributed by atoms with Crippen LogP contribution in [0.3, 0.4) is 0 Å². The number of rotatable bonds is 5. The Labute approximate surface area is 151 Å². The number of hydrogen-bond donors (Lipinski definition) is 2. The predicted molar refractivity (Wildman–Crippen MR) is 102 cm³/mol. The van der Waals surface area contributed by atoms with Gasteiger partial charge in [0, 0.05) is 34.1 Å². The van der Waals surface area contributed by atoms with E-state index in [0.717, 1.165) is 35.4 Å². The Kier molecular flexibility index (Phi) is 4.49. The molecule has 5 heteroatoms. The lowest BCUT2D eigenvalue weighted by atomic mass is 9.98. The molecule has 0 atom stereocenters. The second-order valence-corrected chi connectivity index (χ2v) is 7.54. The van der Waals surface area contributed by atoms with Crippen LogP contribution in [0.4, 0.5) is 0 Å². The summed E-state index contributed by atoms with van der Waals surface area (Å²) in [6, 6.07) is 8.24. The lowest BCUT2D eigenvalue weighted by Crippen LogP contribution is -2.25. The average molecular weight is 354 g/mol. The monoisotopic (exact) mass is 354 g/mol. The molecule has 0 unspecified atom stereocenters. The molecule has 0 saturated carbocycles. The minimum Gasteiger partial charge on any atom is -0.495 e. The molecule has 0 radical (unpaired) electrons. The van der Waals surface area contributed by atoms with Gasteiger partial charge in [-0.3, -0.25) is 4.79 Å². The Morgan fingerprint density at radius 3 is 3.00 bits per heavy atom. The number of carbonyl (C=O) groups excluding carboxylic acids is 1. The maximum atomic E-state index is 12.6. The highest BCUT2D eigenvalue weighted by molar-refractivity contribution is 7.14. The molecule has 1 aromatic carbocycles. The van der Waals surface area contributed by atoms with Crippen molar-refractivity contribution in [2.75, 3.05) is 13.7 Å². The number of amides is 1. The van der Waals surface area contributed by atoms with E-state index in [0.29, 0.717) is 6.54 Å². The van der Waals surface area contributed by atoms with E-state index >= 15 is 0 Å². The second kappa shape index (κ2) is 6.92. The molecule has 1 aliphatic carbocycles. The van der Waals surface area contributed by atoms with Gasteiger partial charge in [0.1, 0.15) is 10.6 Å². The van der Waals surface area contributed by atoms with E-state index in [2.05, 4.69) is 22.4 Å². The molecule has 4 rings (SSSR count). The molecular weight excluding hydrogens is 332 g/mol. The van der Waals surface area contributed by atoms with Crippen molar-refractivity contribution in [2.24, 2.45) is 0 Å². The number of aryl methyl sites for hydroxylation is 1. The van der Waals surface area contributed by atoms with Crippen LogP contribution < -0.4 is 10.1 Å². The van der Waals surface area contributed by atoms with E-state index in [-0.39, 0.29) is 5.91 Å². The van der Waals surface area contributed by atoms with Gasteiger partial charge in [-0.15, -0.1) is 11.3 Å². The Balaban J connectivity index is 1.45. The van der Waals surface area contributed by atoms with Crippen LogP contribution in [0.2, 0.25) is 0 Å². The lowest BCUT2D eigenvalue weighted by Gasteiger charge is -2.11. The molecule has 1 aliphatic rings. The predicted octanol–water partition coefficient (Wildman–Crippen LogP) is 4.09. The van der Waals surface area contributed by atoms with E-state index < -0.39 is 0 Å². The molecule has 0 bridgehead atoms. The van der Waals surface area contributed by atoms with Crippen LogP contribution in [-0.4, -0.2) is 24.5 Å². The first-order valence-electron chi connectivity index (χ1n) is 8.79. The van der Waals surface area contributed by atoms with Gasteiger partial charge in [-0.1, -0.05) is 18.2 Å². The Morgan fingerprint density at radius 1 is 1.28 bits per heavy atom. The van der Waals surface area contributed by atoms with Gasteiger partial charge < -0.3 is 15.0 Å². The van der Waals surface area contributed by atoms with Crippen LogP contribution in [0.5, 0.6) is 5.75 Å². The van der Waals surface area contributed by atoms with Gasteiger partial charge in [0.15, 0.2) is 0 Å². The zero-order valence-electron chi connectivity index (χ0n) is 14.4. The largest absolute Gasteiger partial charge is 0.495 e. The van der Waals surface area contributed by atoms with Crippen molar-refractivity contribution in [3.05, 3.63) is 51.3 Å². The molecule has 0 spiro atoms. The molecule has 25 heavy (non-hydrogen) atoms. The van der Waals surface area contributed by atoms with Gasteiger partial charge in [0.2, 0.25) is 0 Å². The van der Waals surface area contributed by atoms with Gasteiger partial charge in [-0.25, -0.2) is 0 Å². The standard InChI is InChI=1S/C20H22N2O2S/c1-24-18-15-7-3-5-9-17(15)25-19(18)20(23)21-11-10-13-12-22-16-8-4-2-6-14(13)16/h2,4,6,8,12,22H,3,5,7,9-11H2,1H3,(H,21,23). The van der Waals surface area contributed by atoms with Crippen molar-refractivity contribution >= 4 is 28.1 Å². The summed E-state index contributed by atoms with van der Waals surface area (Å²) < 4.78 is 5.56. The number of carbonyl (C=O) groups is 1. The summed E-state index contributed by atoms with van der Waals surface area (Å²) in [6.45, 7) is 0.617. The number of nitrogens with one attached hydrogen (secondary N) is 2. The molecule has 2 N–H and O–H groups in total. The maximum absolute atomic E-state index is 12.6. The quantitative estimate of drug-likeness (QED) is 0.725. The zero-order valence-corrected chi connectivity index (χ0v) is 15.2. The highest BCUT2D eigenvalue weighted by Crippen LogP contribution is 2.39. The average Bonchev–Trinajstić information content (AvgIpc) is 3.23. The summed E-state index contributed by atoms with van der Waals surface area (Å²) in [6.07, 6.45) is 7.32. The number of hydrogen-bond acceptors (Lipinski definition) is 3. The van der Waals surface area contributed by atoms with Crippen LogP contribution >= 0.6 is 11.3 Å². The second-order valence-electron chi connectivity index (χ2n) is 6.44. The third kappa shape index (κ3) is 3.04. The zero-order chi connectivity index (χ0) is 17.2. The Hall–Kier alpha value is -2.27. The van der Waals surface area contributed by atoms with Crippen molar-refractivity contribution in [1.29, 1.82) is 0 Å². The van der Waals surface area contributed by atoms with Gasteiger partial charge in [0.05, 0.1) is 7.11 Å². The third-order valence-electron chi connectivity index (χ3n) is 4.89. The van der Waals surface area contributed by atoms with E-state index in [9.17, 15) is 4.79 Å². The highest BCUT2D eigenvalue weighted by atomic mass is 32.1. The normalized spacial score (nSPS) is 13.6. The first-order valence-corrected chi connectivity index (χ1v) is 9.61. The SMILES string of the molecule is COc1c(C(=O)NCCc2c[nH]c3ccccc23)sc2c1CCCC2. The number of aromatic nitrogens is 1. The van der Waals surface area contributed by atoms with Crippen LogP contribution in [0, 0.1) is 0 Å². The molecule has 2 heterocycles. The molecule has 0 fully saturated rings. The molecule has 4 nitrogen and oxygen atoms in total. The van der Waals surface area contributed by atoms with Gasteiger partial charge in [-0.05, 0) is 43.7 Å². The van der Waals surface area contributed by atoms with Crippen molar-refractivity contribution in [2.45, 2.75) is 32.1 Å². The minimum atomic E-state index is -0.0175. The van der Waals surface area contributed by atoms with Crippen molar-refractivity contribution < 1.29 is 9.53 Å². The van der Waals surface area contributed by atoms with Gasteiger partial charge in [0.25, 0.3) is 5.91 Å². The number of fused-ring (bicyclic) bond motifs is 2. The first-order chi connectivity index (χ1) is 12.3. The lowest BCUT2D eigenvalue weighted by molar-refractivity contribution is 0.0955. The fourth-order valence-corrected chi connectivity index (χ4v) is 4.91. The van der Waals surface area contributed by atoms with E-state index in [1.807, 2.05) is 18.3 Å². The van der Waals surface area contributed by atoms with Crippen LogP contribution in [0.1, 0.15) is 38.5 Å². The number of ether oxygens (including phenoxy) is 1. The van der Waals surface area contributed by atoms with Crippen LogP contribution in [-0.2, 0) is 19.3 Å². The number of H-pyrrole nitrogens is 1. The van der Waals surface area contributed by atoms with Crippen LogP contribution in [0.25, 0.3) is 10.9 Å². The topological polar surface area (TPSA) is 54.1 Å². The molecule has 3 aromatic rings. The fraction of sp³-hybridized carbons (Fsp3) is 0.350. The molecule has 130 valence electrons. The van der Waals surface area contributed by atoms with Crippen molar-refractivity contribution in [1.82, 2.24) is 10.3 Å². The summed E-state index contributed by atoms with van der Waals surface area (Å²) in [7, 11) is 1.67. The van der Waals surface area contributed by atoms with Gasteiger partial charge in [-0.2, -0.15) is 0 Å². The summed E-state index contributed by atoms with van der Waals surface area (Å²) in [5.74, 6) is 0.778. The van der Waals surface area contributed by atoms with E-state index in [1.54, 1.807) is 18.4 Å². The van der Waals surface area contributed by atoms with Crippen molar-refractivity contribution in [3.8, 4) is 5.75 Å². The number of aromatic amines is 1. The number of para-hydroxylation sites is 1.